The van der Waals surface area contributed by atoms with E-state index in [-0.39, 0.29) is 0 Å². The second kappa shape index (κ2) is 6.85. The molecule has 0 radical (unpaired) electrons. The maximum atomic E-state index is 3.89. The van der Waals surface area contributed by atoms with Crippen molar-refractivity contribution in [2.45, 2.75) is 77.0 Å². The van der Waals surface area contributed by atoms with Gasteiger partial charge in [-0.1, -0.05) is 27.2 Å². The van der Waals surface area contributed by atoms with Gasteiger partial charge in [0.15, 0.2) is 0 Å². The lowest BCUT2D eigenvalue weighted by Gasteiger charge is -2.37. The van der Waals surface area contributed by atoms with Crippen LogP contribution in [-0.4, -0.2) is 24.1 Å². The van der Waals surface area contributed by atoms with E-state index in [1.165, 1.54) is 51.5 Å². The van der Waals surface area contributed by atoms with Crippen LogP contribution in [0.3, 0.4) is 0 Å². The SMILES string of the molecule is CSC1CCCC1NCC1CCC(C(C)(C)C)CC1. The van der Waals surface area contributed by atoms with Gasteiger partial charge in [0.05, 0.1) is 0 Å². The first-order valence-corrected chi connectivity index (χ1v) is 9.55. The molecule has 0 amide bonds. The van der Waals surface area contributed by atoms with Crippen LogP contribution in [0.4, 0.5) is 0 Å². The average Bonchev–Trinajstić information content (AvgIpc) is 2.83. The lowest BCUT2D eigenvalue weighted by atomic mass is 9.70. The van der Waals surface area contributed by atoms with Crippen molar-refractivity contribution in [1.82, 2.24) is 5.32 Å². The van der Waals surface area contributed by atoms with Gasteiger partial charge in [-0.25, -0.2) is 0 Å². The number of thioether (sulfide) groups is 1. The van der Waals surface area contributed by atoms with Gasteiger partial charge in [-0.05, 0) is 68.6 Å². The summed E-state index contributed by atoms with van der Waals surface area (Å²) >= 11 is 2.07. The molecule has 1 N–H and O–H groups in total. The number of rotatable bonds is 4. The summed E-state index contributed by atoms with van der Waals surface area (Å²) in [6.07, 6.45) is 12.3. The summed E-state index contributed by atoms with van der Waals surface area (Å²) in [6, 6.07) is 0.801. The molecule has 112 valence electrons. The van der Waals surface area contributed by atoms with E-state index in [4.69, 9.17) is 0 Å². The molecule has 1 nitrogen and oxygen atoms in total. The third-order valence-corrected chi connectivity index (χ3v) is 6.67. The molecule has 0 aliphatic heterocycles. The standard InChI is InChI=1S/C17H33NS/c1-17(2,3)14-10-8-13(9-11-14)12-18-15-6-5-7-16(15)19-4/h13-16,18H,5-12H2,1-4H3. The minimum Gasteiger partial charge on any atom is -0.313 e. The third kappa shape index (κ3) is 4.39. The van der Waals surface area contributed by atoms with Crippen molar-refractivity contribution in [2.75, 3.05) is 12.8 Å². The zero-order valence-electron chi connectivity index (χ0n) is 13.4. The Kier molecular flexibility index (Phi) is 5.65. The first-order valence-electron chi connectivity index (χ1n) is 8.27. The van der Waals surface area contributed by atoms with Gasteiger partial charge in [-0.2, -0.15) is 11.8 Å². The largest absolute Gasteiger partial charge is 0.313 e. The molecule has 2 heteroatoms. The van der Waals surface area contributed by atoms with E-state index in [1.807, 2.05) is 0 Å². The first kappa shape index (κ1) is 15.7. The number of hydrogen-bond acceptors (Lipinski definition) is 2. The van der Waals surface area contributed by atoms with Gasteiger partial charge in [0.25, 0.3) is 0 Å². The summed E-state index contributed by atoms with van der Waals surface area (Å²) in [4.78, 5) is 0. The van der Waals surface area contributed by atoms with Crippen molar-refractivity contribution in [3.63, 3.8) is 0 Å². The minimum absolute atomic E-state index is 0.522. The van der Waals surface area contributed by atoms with Crippen LogP contribution < -0.4 is 5.32 Å². The third-order valence-electron chi connectivity index (χ3n) is 5.50. The van der Waals surface area contributed by atoms with E-state index in [0.29, 0.717) is 5.41 Å². The molecule has 19 heavy (non-hydrogen) atoms. The smallest absolute Gasteiger partial charge is 0.0198 e. The van der Waals surface area contributed by atoms with Crippen LogP contribution in [-0.2, 0) is 0 Å². The topological polar surface area (TPSA) is 12.0 Å². The highest BCUT2D eigenvalue weighted by Crippen LogP contribution is 2.39. The molecule has 2 saturated carbocycles. The fourth-order valence-electron chi connectivity index (χ4n) is 3.99. The first-order chi connectivity index (χ1) is 9.00. The molecule has 0 saturated heterocycles. The van der Waals surface area contributed by atoms with Crippen LogP contribution in [0.15, 0.2) is 0 Å². The van der Waals surface area contributed by atoms with Gasteiger partial charge < -0.3 is 5.32 Å². The monoisotopic (exact) mass is 283 g/mol. The van der Waals surface area contributed by atoms with Crippen molar-refractivity contribution in [3.8, 4) is 0 Å². The predicted octanol–water partition coefficient (Wildman–Crippen LogP) is 4.71. The average molecular weight is 284 g/mol. The Hall–Kier alpha value is 0.310. The molecule has 0 spiro atoms. The molecular formula is C17H33NS. The van der Waals surface area contributed by atoms with Crippen molar-refractivity contribution in [3.05, 3.63) is 0 Å². The lowest BCUT2D eigenvalue weighted by molar-refractivity contribution is 0.148. The highest BCUT2D eigenvalue weighted by Gasteiger charge is 2.31. The molecule has 0 aromatic heterocycles. The van der Waals surface area contributed by atoms with Crippen molar-refractivity contribution in [2.24, 2.45) is 17.3 Å². The van der Waals surface area contributed by atoms with Gasteiger partial charge in [-0.3, -0.25) is 0 Å². The van der Waals surface area contributed by atoms with Gasteiger partial charge in [-0.15, -0.1) is 0 Å². The minimum atomic E-state index is 0.522. The molecule has 2 atom stereocenters. The van der Waals surface area contributed by atoms with Crippen LogP contribution in [0, 0.1) is 17.3 Å². The van der Waals surface area contributed by atoms with E-state index >= 15 is 0 Å². The second-order valence-corrected chi connectivity index (χ2v) is 8.88. The van der Waals surface area contributed by atoms with Crippen molar-refractivity contribution in [1.29, 1.82) is 0 Å². The summed E-state index contributed by atoms with van der Waals surface area (Å²) in [5, 5.41) is 4.77. The Bertz CT molecular complexity index is 263. The van der Waals surface area contributed by atoms with E-state index in [9.17, 15) is 0 Å². The summed E-state index contributed by atoms with van der Waals surface area (Å²) < 4.78 is 0. The van der Waals surface area contributed by atoms with Crippen molar-refractivity contribution >= 4 is 11.8 Å². The fraction of sp³-hybridized carbons (Fsp3) is 1.00. The van der Waals surface area contributed by atoms with Crippen molar-refractivity contribution < 1.29 is 0 Å². The Morgan fingerprint density at radius 1 is 1.00 bits per heavy atom. The molecule has 0 aromatic rings. The summed E-state index contributed by atoms with van der Waals surface area (Å²) in [5.41, 5.74) is 0.522. The molecule has 0 bridgehead atoms. The Morgan fingerprint density at radius 2 is 1.68 bits per heavy atom. The molecule has 0 heterocycles. The molecule has 2 rings (SSSR count). The van der Waals surface area contributed by atoms with Gasteiger partial charge >= 0.3 is 0 Å². The van der Waals surface area contributed by atoms with Crippen LogP contribution in [0.1, 0.15) is 65.7 Å². The molecule has 2 unspecified atom stereocenters. The van der Waals surface area contributed by atoms with E-state index in [0.717, 1.165) is 23.1 Å². The highest BCUT2D eigenvalue weighted by molar-refractivity contribution is 7.99. The second-order valence-electron chi connectivity index (χ2n) is 7.80. The van der Waals surface area contributed by atoms with Gasteiger partial charge in [0.1, 0.15) is 0 Å². The van der Waals surface area contributed by atoms with E-state index in [2.05, 4.69) is 44.1 Å². The summed E-state index contributed by atoms with van der Waals surface area (Å²) in [7, 11) is 0. The molecule has 2 aliphatic rings. The van der Waals surface area contributed by atoms with E-state index in [1.54, 1.807) is 0 Å². The quantitative estimate of drug-likeness (QED) is 0.801. The lowest BCUT2D eigenvalue weighted by Crippen LogP contribution is -2.38. The fourth-order valence-corrected chi connectivity index (χ4v) is 4.96. The predicted molar refractivity (Wildman–Crippen MR) is 87.8 cm³/mol. The van der Waals surface area contributed by atoms with Crippen LogP contribution in [0.5, 0.6) is 0 Å². The highest BCUT2D eigenvalue weighted by atomic mass is 32.2. The number of hydrogen-bond donors (Lipinski definition) is 1. The molecule has 0 aromatic carbocycles. The Labute approximate surface area is 124 Å². The van der Waals surface area contributed by atoms with Gasteiger partial charge in [0, 0.05) is 11.3 Å². The van der Waals surface area contributed by atoms with Gasteiger partial charge in [0.2, 0.25) is 0 Å². The maximum Gasteiger partial charge on any atom is 0.0198 e. The van der Waals surface area contributed by atoms with Crippen LogP contribution in [0.2, 0.25) is 0 Å². The molecule has 2 fully saturated rings. The van der Waals surface area contributed by atoms with Crippen LogP contribution >= 0.6 is 11.8 Å². The Balaban J connectivity index is 1.68. The maximum absolute atomic E-state index is 3.89. The molecule has 2 aliphatic carbocycles. The van der Waals surface area contributed by atoms with Crippen LogP contribution in [0.25, 0.3) is 0 Å². The zero-order chi connectivity index (χ0) is 13.9. The van der Waals surface area contributed by atoms with E-state index < -0.39 is 0 Å². The normalized spacial score (nSPS) is 36.6. The zero-order valence-corrected chi connectivity index (χ0v) is 14.2. The number of nitrogens with one attached hydrogen (secondary N) is 1. The molecular weight excluding hydrogens is 250 g/mol. The summed E-state index contributed by atoms with van der Waals surface area (Å²) in [6.45, 7) is 8.52. The Morgan fingerprint density at radius 3 is 2.26 bits per heavy atom. The summed E-state index contributed by atoms with van der Waals surface area (Å²) in [5.74, 6) is 1.90.